The summed E-state index contributed by atoms with van der Waals surface area (Å²) in [5.41, 5.74) is 4.88. The van der Waals surface area contributed by atoms with Crippen LogP contribution in [0.5, 0.6) is 11.8 Å². The smallest absolute Gasteiger partial charge is 0.345 e. The Bertz CT molecular complexity index is 1560. The van der Waals surface area contributed by atoms with Gasteiger partial charge in [0.15, 0.2) is 0 Å². The maximum atomic E-state index is 13.0. The first kappa shape index (κ1) is 29.7. The molecule has 11 nitrogen and oxygen atoms in total. The van der Waals surface area contributed by atoms with Crippen molar-refractivity contribution in [3.63, 3.8) is 0 Å². The second-order valence-corrected chi connectivity index (χ2v) is 10.4. The topological polar surface area (TPSA) is 115 Å². The Kier molecular flexibility index (Phi) is 8.90. The largest absolute Gasteiger partial charge is 0.476 e. The van der Waals surface area contributed by atoms with E-state index in [2.05, 4.69) is 31.9 Å². The molecule has 42 heavy (non-hydrogen) atoms. The Morgan fingerprint density at radius 1 is 1.21 bits per heavy atom. The molecule has 0 radical (unpaired) electrons. The van der Waals surface area contributed by atoms with Crippen molar-refractivity contribution < 1.29 is 28.1 Å². The van der Waals surface area contributed by atoms with Crippen LogP contribution in [0.25, 0.3) is 34.2 Å². The summed E-state index contributed by atoms with van der Waals surface area (Å²) in [4.78, 5) is 2.22. The van der Waals surface area contributed by atoms with E-state index in [0.29, 0.717) is 55.8 Å². The van der Waals surface area contributed by atoms with Crippen LogP contribution in [-0.2, 0) is 31.5 Å². The molecular formula is C29H37F2N7O4. The molecule has 2 bridgehead atoms. The highest BCUT2D eigenvalue weighted by Crippen LogP contribution is 2.37. The molecule has 3 aromatic heterocycles. The molecule has 1 aromatic carbocycles. The van der Waals surface area contributed by atoms with Gasteiger partial charge in [-0.1, -0.05) is 13.0 Å². The van der Waals surface area contributed by atoms with E-state index in [1.165, 1.54) is 0 Å². The first-order valence-electron chi connectivity index (χ1n) is 14.1. The van der Waals surface area contributed by atoms with Crippen LogP contribution >= 0.6 is 0 Å². The summed E-state index contributed by atoms with van der Waals surface area (Å²) >= 11 is 0. The fraction of sp³-hybridized carbons (Fsp3) is 0.483. The number of aryl methyl sites for hydroxylation is 1. The van der Waals surface area contributed by atoms with Gasteiger partial charge in [0.05, 0.1) is 53.9 Å². The van der Waals surface area contributed by atoms with Crippen LogP contribution in [0.1, 0.15) is 50.3 Å². The number of aromatic amines is 1. The van der Waals surface area contributed by atoms with Gasteiger partial charge in [0.2, 0.25) is 11.8 Å². The summed E-state index contributed by atoms with van der Waals surface area (Å²) in [6, 6.07) is 5.68. The number of halogens is 2. The summed E-state index contributed by atoms with van der Waals surface area (Å²) in [5.74, 6) is 0.945. The summed E-state index contributed by atoms with van der Waals surface area (Å²) < 4.78 is 46.5. The van der Waals surface area contributed by atoms with E-state index in [4.69, 9.17) is 14.6 Å². The third-order valence-electron chi connectivity index (χ3n) is 7.13. The fourth-order valence-corrected chi connectivity index (χ4v) is 5.28. The maximum absolute atomic E-state index is 13.0. The third kappa shape index (κ3) is 6.18. The van der Waals surface area contributed by atoms with E-state index in [-0.39, 0.29) is 12.7 Å². The van der Waals surface area contributed by atoms with Crippen LogP contribution in [-0.4, -0.2) is 78.3 Å². The highest BCUT2D eigenvalue weighted by molar-refractivity contribution is 5.93. The van der Waals surface area contributed by atoms with Gasteiger partial charge in [0, 0.05) is 25.5 Å². The zero-order chi connectivity index (χ0) is 30.0. The molecule has 4 aromatic rings. The Morgan fingerprint density at radius 3 is 2.74 bits per heavy atom. The zero-order valence-electron chi connectivity index (χ0n) is 24.5. The lowest BCUT2D eigenvalue weighted by molar-refractivity contribution is -0.137. The van der Waals surface area contributed by atoms with Gasteiger partial charge in [0.1, 0.15) is 11.8 Å². The van der Waals surface area contributed by atoms with Crippen molar-refractivity contribution >= 4 is 23.1 Å². The lowest BCUT2D eigenvalue weighted by Gasteiger charge is -2.26. The SMILES string of the molecule is CCOc1nn(CC(C)O)c2c1/C=C/c1[nH]nc3ccc(cc13)-c1c(COC(F)F)nn(C)c1OC(C)CN(CC)C2. The molecule has 0 saturated heterocycles. The van der Waals surface area contributed by atoms with Gasteiger partial charge in [-0.3, -0.25) is 14.7 Å². The number of rotatable bonds is 8. The standard InChI is InChI=1S/C29H37F2N7O4/c1-6-37-14-18(4)42-28-26(24(34-36(28)5)16-41-29(30)31)19-8-10-22-21(12-19)23(33-32-22)11-9-20-25(15-37)38(13-17(3)39)35-27(20)40-7-2/h8-12,17-18,29,39H,6-7,13-16H2,1-5H3,(H,32,33)/b11-9+. The molecule has 4 heterocycles. The number of aromatic nitrogens is 6. The Balaban J connectivity index is 1.70. The van der Waals surface area contributed by atoms with Crippen LogP contribution in [0.3, 0.4) is 0 Å². The number of hydrogen-bond acceptors (Lipinski definition) is 8. The van der Waals surface area contributed by atoms with Crippen LogP contribution in [0.2, 0.25) is 0 Å². The number of aliphatic hydroxyl groups is 1. The number of likely N-dealkylation sites (N-methyl/N-ethyl adjacent to an activating group) is 1. The molecule has 5 rings (SSSR count). The average molecular weight is 586 g/mol. The maximum Gasteiger partial charge on any atom is 0.345 e. The van der Waals surface area contributed by atoms with Gasteiger partial charge in [-0.2, -0.15) is 19.0 Å². The number of H-pyrrole nitrogens is 1. The third-order valence-corrected chi connectivity index (χ3v) is 7.13. The van der Waals surface area contributed by atoms with Crippen molar-refractivity contribution in [1.29, 1.82) is 0 Å². The summed E-state index contributed by atoms with van der Waals surface area (Å²) in [5, 5.41) is 27.8. The zero-order valence-corrected chi connectivity index (χ0v) is 24.5. The minimum absolute atomic E-state index is 0.292. The van der Waals surface area contributed by atoms with E-state index in [1.54, 1.807) is 23.3 Å². The molecule has 226 valence electrons. The molecule has 2 unspecified atom stereocenters. The van der Waals surface area contributed by atoms with Crippen molar-refractivity contribution in [3.8, 4) is 22.9 Å². The quantitative estimate of drug-likeness (QED) is 0.312. The number of benzene rings is 1. The first-order valence-corrected chi connectivity index (χ1v) is 14.1. The average Bonchev–Trinajstić information content (AvgIpc) is 3.58. The van der Waals surface area contributed by atoms with Crippen molar-refractivity contribution in [1.82, 2.24) is 34.7 Å². The molecule has 0 spiro atoms. The molecule has 13 heteroatoms. The normalized spacial score (nSPS) is 17.5. The van der Waals surface area contributed by atoms with E-state index >= 15 is 0 Å². The predicted octanol–water partition coefficient (Wildman–Crippen LogP) is 4.45. The number of nitrogens with zero attached hydrogens (tertiary/aromatic N) is 6. The highest BCUT2D eigenvalue weighted by atomic mass is 19.3. The Labute approximate surface area is 242 Å². The van der Waals surface area contributed by atoms with Gasteiger partial charge in [-0.25, -0.2) is 4.68 Å². The van der Waals surface area contributed by atoms with Crippen molar-refractivity contribution in [3.05, 3.63) is 40.8 Å². The van der Waals surface area contributed by atoms with E-state index < -0.39 is 12.7 Å². The van der Waals surface area contributed by atoms with Crippen LogP contribution in [0, 0.1) is 0 Å². The molecule has 0 amide bonds. The lowest BCUT2D eigenvalue weighted by atomic mass is 10.0. The summed E-state index contributed by atoms with van der Waals surface area (Å²) in [6.45, 7) is 6.91. The lowest BCUT2D eigenvalue weighted by Crippen LogP contribution is -2.35. The van der Waals surface area contributed by atoms with Gasteiger partial charge in [-0.05, 0) is 57.2 Å². The first-order chi connectivity index (χ1) is 20.2. The number of fused-ring (bicyclic) bond motifs is 4. The van der Waals surface area contributed by atoms with Crippen molar-refractivity contribution in [2.45, 2.75) is 66.2 Å². The molecule has 2 N–H and O–H groups in total. The predicted molar refractivity (Wildman–Crippen MR) is 154 cm³/mol. The van der Waals surface area contributed by atoms with Gasteiger partial charge in [-0.15, -0.1) is 5.10 Å². The Morgan fingerprint density at radius 2 is 2.02 bits per heavy atom. The van der Waals surface area contributed by atoms with Crippen molar-refractivity contribution in [2.75, 3.05) is 19.7 Å². The second-order valence-electron chi connectivity index (χ2n) is 10.4. The molecule has 0 fully saturated rings. The van der Waals surface area contributed by atoms with Crippen LogP contribution in [0.4, 0.5) is 8.78 Å². The van der Waals surface area contributed by atoms with Crippen molar-refractivity contribution in [2.24, 2.45) is 7.05 Å². The minimum atomic E-state index is -2.93. The molecule has 1 aliphatic heterocycles. The summed E-state index contributed by atoms with van der Waals surface area (Å²) in [6.07, 6.45) is 2.98. The molecule has 0 aliphatic carbocycles. The molecule has 0 saturated carbocycles. The molecule has 1 aliphatic rings. The fourth-order valence-electron chi connectivity index (χ4n) is 5.28. The number of hydrogen-bond donors (Lipinski definition) is 2. The van der Waals surface area contributed by atoms with E-state index in [1.807, 2.05) is 44.2 Å². The van der Waals surface area contributed by atoms with Gasteiger partial charge < -0.3 is 19.3 Å². The van der Waals surface area contributed by atoms with Crippen LogP contribution < -0.4 is 9.47 Å². The van der Waals surface area contributed by atoms with Gasteiger partial charge in [0.25, 0.3) is 0 Å². The molecular weight excluding hydrogens is 548 g/mol. The number of aliphatic hydroxyl groups excluding tert-OH is 1. The number of ether oxygens (including phenoxy) is 3. The molecule has 2 atom stereocenters. The second kappa shape index (κ2) is 12.6. The number of nitrogens with one attached hydrogen (secondary N) is 1. The monoisotopic (exact) mass is 585 g/mol. The summed E-state index contributed by atoms with van der Waals surface area (Å²) in [7, 11) is 1.73. The Hall–Kier alpha value is -3.81. The van der Waals surface area contributed by atoms with E-state index in [9.17, 15) is 13.9 Å². The van der Waals surface area contributed by atoms with Crippen LogP contribution in [0.15, 0.2) is 18.2 Å². The van der Waals surface area contributed by atoms with E-state index in [0.717, 1.165) is 33.4 Å². The number of alkyl halides is 2. The van der Waals surface area contributed by atoms with Gasteiger partial charge >= 0.3 is 6.61 Å². The highest BCUT2D eigenvalue weighted by Gasteiger charge is 2.26. The minimum Gasteiger partial charge on any atom is -0.476 e.